The second-order valence-electron chi connectivity index (χ2n) is 7.19. The van der Waals surface area contributed by atoms with Crippen molar-refractivity contribution in [3.63, 3.8) is 0 Å². The molecule has 2 rings (SSSR count). The molecule has 2 fully saturated rings. The Labute approximate surface area is 139 Å². The fourth-order valence-corrected chi connectivity index (χ4v) is 4.53. The quantitative estimate of drug-likeness (QED) is 0.762. The summed E-state index contributed by atoms with van der Waals surface area (Å²) in [7, 11) is -3.40. The average molecular weight is 347 g/mol. The van der Waals surface area contributed by atoms with Crippen LogP contribution in [-0.4, -0.2) is 72.9 Å². The third-order valence-corrected chi connectivity index (χ3v) is 6.14. The fourth-order valence-electron chi connectivity index (χ4n) is 2.86. The number of carbonyl (C=O) groups is 1. The lowest BCUT2D eigenvalue weighted by molar-refractivity contribution is 0.0190. The monoisotopic (exact) mass is 347 g/mol. The topological polar surface area (TPSA) is 70.2 Å². The Morgan fingerprint density at radius 2 is 1.30 bits per heavy atom. The van der Waals surface area contributed by atoms with Gasteiger partial charge in [0.25, 0.3) is 10.2 Å². The maximum absolute atomic E-state index is 12.7. The first-order chi connectivity index (χ1) is 10.7. The summed E-state index contributed by atoms with van der Waals surface area (Å²) in [6.45, 7) is 8.10. The van der Waals surface area contributed by atoms with E-state index in [2.05, 4.69) is 0 Å². The summed E-state index contributed by atoms with van der Waals surface area (Å²) in [6.07, 6.45) is 3.68. The van der Waals surface area contributed by atoms with Gasteiger partial charge in [0.2, 0.25) is 0 Å². The highest BCUT2D eigenvalue weighted by Gasteiger charge is 2.34. The van der Waals surface area contributed by atoms with Crippen LogP contribution in [0.3, 0.4) is 0 Å². The first-order valence-corrected chi connectivity index (χ1v) is 9.83. The van der Waals surface area contributed by atoms with Gasteiger partial charge in [-0.05, 0) is 33.6 Å². The van der Waals surface area contributed by atoms with Gasteiger partial charge < -0.3 is 9.64 Å². The molecule has 134 valence electrons. The van der Waals surface area contributed by atoms with E-state index >= 15 is 0 Å². The molecule has 2 aliphatic heterocycles. The predicted molar refractivity (Wildman–Crippen MR) is 88.3 cm³/mol. The zero-order chi connectivity index (χ0) is 17.1. The Hall–Kier alpha value is -0.860. The van der Waals surface area contributed by atoms with Gasteiger partial charge in [0, 0.05) is 39.3 Å². The molecule has 2 saturated heterocycles. The normalized spacial score (nSPS) is 22.7. The van der Waals surface area contributed by atoms with Crippen LogP contribution in [0.15, 0.2) is 0 Å². The fraction of sp³-hybridized carbons (Fsp3) is 0.933. The molecule has 0 saturated carbocycles. The first kappa shape index (κ1) is 18.5. The van der Waals surface area contributed by atoms with Crippen molar-refractivity contribution in [3.05, 3.63) is 0 Å². The van der Waals surface area contributed by atoms with Crippen LogP contribution in [0.25, 0.3) is 0 Å². The van der Waals surface area contributed by atoms with Crippen LogP contribution >= 0.6 is 0 Å². The molecule has 0 N–H and O–H groups in total. The minimum absolute atomic E-state index is 0.331. The highest BCUT2D eigenvalue weighted by atomic mass is 32.2. The molecule has 23 heavy (non-hydrogen) atoms. The first-order valence-electron chi connectivity index (χ1n) is 8.43. The number of hydrogen-bond donors (Lipinski definition) is 0. The molecule has 0 spiro atoms. The van der Waals surface area contributed by atoms with Crippen molar-refractivity contribution in [2.24, 2.45) is 0 Å². The van der Waals surface area contributed by atoms with Gasteiger partial charge in [-0.15, -0.1) is 0 Å². The van der Waals surface area contributed by atoms with Crippen LogP contribution in [0.5, 0.6) is 0 Å². The minimum atomic E-state index is -3.40. The third kappa shape index (κ3) is 5.06. The van der Waals surface area contributed by atoms with E-state index in [1.807, 2.05) is 20.8 Å². The van der Waals surface area contributed by atoms with Crippen molar-refractivity contribution in [3.8, 4) is 0 Å². The lowest BCUT2D eigenvalue weighted by Gasteiger charge is -2.37. The van der Waals surface area contributed by atoms with Gasteiger partial charge in [-0.1, -0.05) is 12.8 Å². The van der Waals surface area contributed by atoms with Gasteiger partial charge >= 0.3 is 6.09 Å². The standard InChI is InChI=1S/C15H29N3O4S/c1-15(2,3)22-14(19)16-10-12-18(13-11-16)23(20,21)17-8-6-4-5-7-9-17/h4-13H2,1-3H3. The summed E-state index contributed by atoms with van der Waals surface area (Å²) in [6, 6.07) is 0. The zero-order valence-electron chi connectivity index (χ0n) is 14.5. The lowest BCUT2D eigenvalue weighted by Crippen LogP contribution is -2.54. The number of nitrogens with zero attached hydrogens (tertiary/aromatic N) is 3. The molecule has 0 aromatic rings. The molecule has 8 heteroatoms. The molecule has 0 aromatic heterocycles. The predicted octanol–water partition coefficient (Wildman–Crippen LogP) is 1.66. The summed E-state index contributed by atoms with van der Waals surface area (Å²) in [5.74, 6) is 0. The van der Waals surface area contributed by atoms with Gasteiger partial charge in [-0.3, -0.25) is 0 Å². The van der Waals surface area contributed by atoms with Crippen molar-refractivity contribution < 1.29 is 17.9 Å². The summed E-state index contributed by atoms with van der Waals surface area (Å²) >= 11 is 0. The van der Waals surface area contributed by atoms with E-state index in [1.165, 1.54) is 4.31 Å². The maximum atomic E-state index is 12.7. The van der Waals surface area contributed by atoms with Crippen molar-refractivity contribution in [2.45, 2.75) is 52.1 Å². The van der Waals surface area contributed by atoms with Gasteiger partial charge in [-0.25, -0.2) is 4.79 Å². The van der Waals surface area contributed by atoms with E-state index in [9.17, 15) is 13.2 Å². The SMILES string of the molecule is CC(C)(C)OC(=O)N1CCN(S(=O)(=O)N2CCCCCC2)CC1. The Morgan fingerprint density at radius 3 is 1.78 bits per heavy atom. The van der Waals surface area contributed by atoms with Crippen LogP contribution in [0, 0.1) is 0 Å². The van der Waals surface area contributed by atoms with E-state index < -0.39 is 15.8 Å². The second-order valence-corrected chi connectivity index (χ2v) is 9.12. The van der Waals surface area contributed by atoms with Crippen molar-refractivity contribution in [1.29, 1.82) is 0 Å². The van der Waals surface area contributed by atoms with Gasteiger partial charge in [0.05, 0.1) is 0 Å². The van der Waals surface area contributed by atoms with Gasteiger partial charge in [0.15, 0.2) is 0 Å². The molecule has 1 amide bonds. The van der Waals surface area contributed by atoms with Gasteiger partial charge in [0.1, 0.15) is 5.60 Å². The molecule has 0 aromatic carbocycles. The Morgan fingerprint density at radius 1 is 0.826 bits per heavy atom. The summed E-state index contributed by atoms with van der Waals surface area (Å²) < 4.78 is 33.9. The summed E-state index contributed by atoms with van der Waals surface area (Å²) in [5.41, 5.74) is -0.535. The Kier molecular flexibility index (Phi) is 5.91. The van der Waals surface area contributed by atoms with Crippen LogP contribution in [-0.2, 0) is 14.9 Å². The van der Waals surface area contributed by atoms with E-state index in [0.29, 0.717) is 39.3 Å². The molecular formula is C15H29N3O4S. The molecule has 0 aliphatic carbocycles. The number of rotatable bonds is 2. The van der Waals surface area contributed by atoms with Crippen LogP contribution in [0.1, 0.15) is 46.5 Å². The van der Waals surface area contributed by atoms with Crippen LogP contribution in [0.4, 0.5) is 4.79 Å². The van der Waals surface area contributed by atoms with Crippen LogP contribution in [0.2, 0.25) is 0 Å². The Bertz CT molecular complexity index is 499. The van der Waals surface area contributed by atoms with E-state index in [1.54, 1.807) is 9.21 Å². The average Bonchev–Trinajstić information content (AvgIpc) is 2.75. The third-order valence-electron chi connectivity index (χ3n) is 4.11. The largest absolute Gasteiger partial charge is 0.444 e. The lowest BCUT2D eigenvalue weighted by atomic mass is 10.2. The molecule has 2 heterocycles. The van der Waals surface area contributed by atoms with Gasteiger partial charge in [-0.2, -0.15) is 17.0 Å². The Balaban J connectivity index is 1.91. The number of ether oxygens (including phenoxy) is 1. The maximum Gasteiger partial charge on any atom is 0.410 e. The van der Waals surface area contributed by atoms with E-state index in [-0.39, 0.29) is 6.09 Å². The summed E-state index contributed by atoms with van der Waals surface area (Å²) in [4.78, 5) is 13.6. The second kappa shape index (κ2) is 7.36. The number of piperazine rings is 1. The number of amides is 1. The smallest absolute Gasteiger partial charge is 0.410 e. The molecule has 7 nitrogen and oxygen atoms in total. The summed E-state index contributed by atoms with van der Waals surface area (Å²) in [5, 5.41) is 0. The zero-order valence-corrected chi connectivity index (χ0v) is 15.3. The molecular weight excluding hydrogens is 318 g/mol. The highest BCUT2D eigenvalue weighted by molar-refractivity contribution is 7.86. The molecule has 0 bridgehead atoms. The van der Waals surface area contributed by atoms with Crippen LogP contribution < -0.4 is 0 Å². The molecule has 0 radical (unpaired) electrons. The highest BCUT2D eigenvalue weighted by Crippen LogP contribution is 2.19. The minimum Gasteiger partial charge on any atom is -0.444 e. The molecule has 2 aliphatic rings. The number of carbonyl (C=O) groups excluding carboxylic acids is 1. The van der Waals surface area contributed by atoms with E-state index in [4.69, 9.17) is 4.74 Å². The molecule has 0 atom stereocenters. The number of hydrogen-bond acceptors (Lipinski definition) is 4. The van der Waals surface area contributed by atoms with Crippen molar-refractivity contribution in [2.75, 3.05) is 39.3 Å². The van der Waals surface area contributed by atoms with Crippen molar-refractivity contribution in [1.82, 2.24) is 13.5 Å². The van der Waals surface area contributed by atoms with Crippen molar-refractivity contribution >= 4 is 16.3 Å². The van der Waals surface area contributed by atoms with E-state index in [0.717, 1.165) is 25.7 Å². The molecule has 0 unspecified atom stereocenters.